The van der Waals surface area contributed by atoms with Crippen molar-refractivity contribution in [3.63, 3.8) is 0 Å². The minimum absolute atomic E-state index is 0.163. The number of aromatic nitrogens is 2. The van der Waals surface area contributed by atoms with E-state index in [-0.39, 0.29) is 18.2 Å². The predicted octanol–water partition coefficient (Wildman–Crippen LogP) is 5.06. The van der Waals surface area contributed by atoms with E-state index in [9.17, 15) is 9.59 Å². The van der Waals surface area contributed by atoms with Crippen LogP contribution < -0.4 is 10.1 Å². The average molecular weight is 432 g/mol. The summed E-state index contributed by atoms with van der Waals surface area (Å²) in [4.78, 5) is 25.6. The Balaban J connectivity index is 1.49. The second kappa shape index (κ2) is 9.28. The van der Waals surface area contributed by atoms with E-state index in [1.807, 2.05) is 36.4 Å². The molecule has 1 heterocycles. The first-order chi connectivity index (χ1) is 15.1. The number of amides is 1. The van der Waals surface area contributed by atoms with Gasteiger partial charge in [0, 0.05) is 22.3 Å². The van der Waals surface area contributed by atoms with Crippen molar-refractivity contribution >= 4 is 29.0 Å². The van der Waals surface area contributed by atoms with Gasteiger partial charge in [0.15, 0.2) is 18.2 Å². The summed E-state index contributed by atoms with van der Waals surface area (Å²) in [6, 6.07) is 24.5. The van der Waals surface area contributed by atoms with Gasteiger partial charge in [0.25, 0.3) is 5.91 Å². The highest BCUT2D eigenvalue weighted by Gasteiger charge is 2.18. The number of carbonyl (C=O) groups excluding carboxylic acids is 2. The van der Waals surface area contributed by atoms with E-state index < -0.39 is 5.91 Å². The Morgan fingerprint density at radius 2 is 1.65 bits per heavy atom. The van der Waals surface area contributed by atoms with E-state index in [1.165, 1.54) is 4.68 Å². The van der Waals surface area contributed by atoms with Crippen molar-refractivity contribution in [3.8, 4) is 5.75 Å². The zero-order valence-corrected chi connectivity index (χ0v) is 17.1. The van der Waals surface area contributed by atoms with Crippen LogP contribution in [0.3, 0.4) is 0 Å². The van der Waals surface area contributed by atoms with Gasteiger partial charge in [-0.3, -0.25) is 9.59 Å². The second-order valence-electron chi connectivity index (χ2n) is 6.67. The predicted molar refractivity (Wildman–Crippen MR) is 119 cm³/mol. The van der Waals surface area contributed by atoms with Crippen LogP contribution in [0.2, 0.25) is 5.02 Å². The zero-order valence-electron chi connectivity index (χ0n) is 16.4. The first-order valence-corrected chi connectivity index (χ1v) is 9.90. The Morgan fingerprint density at radius 1 is 0.935 bits per heavy atom. The molecule has 0 unspecified atom stereocenters. The third-order valence-corrected chi connectivity index (χ3v) is 4.73. The summed E-state index contributed by atoms with van der Waals surface area (Å²) in [6.45, 7) is 0.163. The SMILES string of the molecule is O=C(Nc1ccc(Cl)cc1C(=O)c1ccccc1)c1ccn(COc2ccccc2)n1. The van der Waals surface area contributed by atoms with E-state index in [4.69, 9.17) is 16.3 Å². The van der Waals surface area contributed by atoms with Gasteiger partial charge in [-0.25, -0.2) is 4.68 Å². The Labute approximate surface area is 184 Å². The highest BCUT2D eigenvalue weighted by atomic mass is 35.5. The molecule has 31 heavy (non-hydrogen) atoms. The van der Waals surface area contributed by atoms with Crippen LogP contribution >= 0.6 is 11.6 Å². The van der Waals surface area contributed by atoms with E-state index in [2.05, 4.69) is 10.4 Å². The molecule has 0 saturated heterocycles. The van der Waals surface area contributed by atoms with Crippen LogP contribution in [0.5, 0.6) is 5.75 Å². The summed E-state index contributed by atoms with van der Waals surface area (Å²) in [5.74, 6) is 0.0253. The number of nitrogens with zero attached hydrogens (tertiary/aromatic N) is 2. The summed E-state index contributed by atoms with van der Waals surface area (Å²) in [6.07, 6.45) is 1.65. The summed E-state index contributed by atoms with van der Waals surface area (Å²) in [5, 5.41) is 7.40. The maximum absolute atomic E-state index is 12.9. The number of hydrogen-bond donors (Lipinski definition) is 1. The fraction of sp³-hybridized carbons (Fsp3) is 0.0417. The summed E-state index contributed by atoms with van der Waals surface area (Å²) >= 11 is 6.10. The smallest absolute Gasteiger partial charge is 0.276 e. The number of nitrogens with one attached hydrogen (secondary N) is 1. The van der Waals surface area contributed by atoms with Crippen molar-refractivity contribution in [1.82, 2.24) is 9.78 Å². The van der Waals surface area contributed by atoms with Crippen molar-refractivity contribution in [1.29, 1.82) is 0 Å². The molecule has 0 aliphatic heterocycles. The van der Waals surface area contributed by atoms with Crippen molar-refractivity contribution < 1.29 is 14.3 Å². The van der Waals surface area contributed by atoms with E-state index >= 15 is 0 Å². The molecule has 4 aromatic rings. The van der Waals surface area contributed by atoms with Crippen LogP contribution in [0.15, 0.2) is 91.1 Å². The van der Waals surface area contributed by atoms with Crippen molar-refractivity contribution in [2.24, 2.45) is 0 Å². The molecule has 0 fully saturated rings. The number of halogens is 1. The van der Waals surface area contributed by atoms with E-state index in [0.717, 1.165) is 0 Å². The monoisotopic (exact) mass is 431 g/mol. The van der Waals surface area contributed by atoms with Gasteiger partial charge in [0.1, 0.15) is 5.75 Å². The molecule has 0 aliphatic rings. The molecule has 1 amide bonds. The molecule has 154 valence electrons. The fourth-order valence-corrected chi connectivity index (χ4v) is 3.13. The lowest BCUT2D eigenvalue weighted by atomic mass is 10.0. The third-order valence-electron chi connectivity index (χ3n) is 4.49. The number of benzene rings is 3. The largest absolute Gasteiger partial charge is 0.471 e. The minimum atomic E-state index is -0.442. The van der Waals surface area contributed by atoms with E-state index in [1.54, 1.807) is 54.7 Å². The van der Waals surface area contributed by atoms with Crippen molar-refractivity contribution in [2.75, 3.05) is 5.32 Å². The van der Waals surface area contributed by atoms with Crippen LogP contribution in [0.4, 0.5) is 5.69 Å². The maximum atomic E-state index is 12.9. The molecule has 0 aliphatic carbocycles. The van der Waals surface area contributed by atoms with Crippen molar-refractivity contribution in [3.05, 3.63) is 113 Å². The van der Waals surface area contributed by atoms with Gasteiger partial charge in [-0.05, 0) is 36.4 Å². The highest BCUT2D eigenvalue weighted by Crippen LogP contribution is 2.24. The molecular formula is C24H18ClN3O3. The Kier molecular flexibility index (Phi) is 6.10. The highest BCUT2D eigenvalue weighted by molar-refractivity contribution is 6.31. The topological polar surface area (TPSA) is 73.2 Å². The molecule has 3 aromatic carbocycles. The summed E-state index contributed by atoms with van der Waals surface area (Å²) in [7, 11) is 0. The summed E-state index contributed by atoms with van der Waals surface area (Å²) in [5.41, 5.74) is 1.37. The number of ketones is 1. The molecule has 0 saturated carbocycles. The Morgan fingerprint density at radius 3 is 2.39 bits per heavy atom. The lowest BCUT2D eigenvalue weighted by Crippen LogP contribution is -2.16. The number of anilines is 1. The number of ether oxygens (including phenoxy) is 1. The Hall–Kier alpha value is -3.90. The number of carbonyl (C=O) groups is 2. The van der Waals surface area contributed by atoms with Gasteiger partial charge in [-0.2, -0.15) is 5.10 Å². The number of hydrogen-bond acceptors (Lipinski definition) is 4. The van der Waals surface area contributed by atoms with Gasteiger partial charge >= 0.3 is 0 Å². The molecule has 1 aromatic heterocycles. The maximum Gasteiger partial charge on any atom is 0.276 e. The first-order valence-electron chi connectivity index (χ1n) is 9.52. The minimum Gasteiger partial charge on any atom is -0.471 e. The molecule has 0 radical (unpaired) electrons. The van der Waals surface area contributed by atoms with Crippen LogP contribution in [-0.2, 0) is 6.73 Å². The van der Waals surface area contributed by atoms with E-state index in [0.29, 0.717) is 27.6 Å². The van der Waals surface area contributed by atoms with Crippen LogP contribution in [0.1, 0.15) is 26.4 Å². The molecule has 7 heteroatoms. The first kappa shape index (κ1) is 20.4. The van der Waals surface area contributed by atoms with Crippen molar-refractivity contribution in [2.45, 2.75) is 6.73 Å². The normalized spacial score (nSPS) is 10.5. The molecule has 0 bridgehead atoms. The molecule has 4 rings (SSSR count). The average Bonchev–Trinajstić information content (AvgIpc) is 3.29. The molecular weight excluding hydrogens is 414 g/mol. The van der Waals surface area contributed by atoms with Gasteiger partial charge in [-0.15, -0.1) is 0 Å². The molecule has 1 N–H and O–H groups in total. The quantitative estimate of drug-likeness (QED) is 0.415. The Bertz CT molecular complexity index is 1210. The second-order valence-corrected chi connectivity index (χ2v) is 7.10. The van der Waals surface area contributed by atoms with Gasteiger partial charge in [-0.1, -0.05) is 60.1 Å². The number of para-hydroxylation sites is 1. The van der Waals surface area contributed by atoms with Gasteiger partial charge in [0.05, 0.1) is 5.69 Å². The van der Waals surface area contributed by atoms with Crippen LogP contribution in [0.25, 0.3) is 0 Å². The zero-order chi connectivity index (χ0) is 21.6. The molecule has 0 atom stereocenters. The standard InChI is InChI=1S/C24H18ClN3O3/c25-18-11-12-21(20(15-18)23(29)17-7-3-1-4-8-17)26-24(30)22-13-14-28(27-22)16-31-19-9-5-2-6-10-19/h1-15H,16H2,(H,26,30). The van der Waals surface area contributed by atoms with Crippen LogP contribution in [-0.4, -0.2) is 21.5 Å². The lowest BCUT2D eigenvalue weighted by Gasteiger charge is -2.10. The number of rotatable bonds is 7. The third kappa shape index (κ3) is 4.99. The molecule has 0 spiro atoms. The van der Waals surface area contributed by atoms with Crippen LogP contribution in [0, 0.1) is 0 Å². The molecule has 6 nitrogen and oxygen atoms in total. The van der Waals surface area contributed by atoms with Gasteiger partial charge in [0.2, 0.25) is 0 Å². The van der Waals surface area contributed by atoms with Gasteiger partial charge < -0.3 is 10.1 Å². The lowest BCUT2D eigenvalue weighted by molar-refractivity contribution is 0.102. The fourth-order valence-electron chi connectivity index (χ4n) is 2.96. The summed E-state index contributed by atoms with van der Waals surface area (Å²) < 4.78 is 7.14.